The van der Waals surface area contributed by atoms with Crippen molar-refractivity contribution >= 4 is 11.6 Å². The summed E-state index contributed by atoms with van der Waals surface area (Å²) < 4.78 is 1.53. The molecule has 0 unspecified atom stereocenters. The van der Waals surface area contributed by atoms with Crippen LogP contribution in [0.25, 0.3) is 11.5 Å². The van der Waals surface area contributed by atoms with Gasteiger partial charge in [-0.3, -0.25) is 5.10 Å². The van der Waals surface area contributed by atoms with Crippen LogP contribution < -0.4 is 0 Å². The molecule has 68 valence electrons. The zero-order valence-corrected chi connectivity index (χ0v) is 7.87. The Morgan fingerprint density at radius 2 is 2.23 bits per heavy atom. The van der Waals surface area contributed by atoms with E-state index in [0.29, 0.717) is 16.5 Å². The smallest absolute Gasteiger partial charge is 0.201 e. The second kappa shape index (κ2) is 2.81. The summed E-state index contributed by atoms with van der Waals surface area (Å²) in [5, 5.41) is 18.3. The Kier molecular flexibility index (Phi) is 1.77. The van der Waals surface area contributed by atoms with Crippen molar-refractivity contribution in [3.8, 4) is 11.5 Å². The van der Waals surface area contributed by atoms with Gasteiger partial charge in [0, 0.05) is 7.05 Å². The van der Waals surface area contributed by atoms with Crippen molar-refractivity contribution in [3.05, 3.63) is 10.7 Å². The van der Waals surface area contributed by atoms with Crippen LogP contribution in [-0.4, -0.2) is 30.4 Å². The zero-order chi connectivity index (χ0) is 9.42. The first-order valence-corrected chi connectivity index (χ1v) is 4.01. The molecular weight excluding hydrogens is 192 g/mol. The average molecular weight is 199 g/mol. The molecule has 7 heteroatoms. The van der Waals surface area contributed by atoms with Gasteiger partial charge in [-0.05, 0) is 17.4 Å². The predicted molar refractivity (Wildman–Crippen MR) is 46.1 cm³/mol. The van der Waals surface area contributed by atoms with Crippen molar-refractivity contribution in [1.29, 1.82) is 0 Å². The average Bonchev–Trinajstić information content (AvgIpc) is 2.62. The molecule has 0 fully saturated rings. The summed E-state index contributed by atoms with van der Waals surface area (Å²) in [7, 11) is 1.74. The summed E-state index contributed by atoms with van der Waals surface area (Å²) in [6.45, 7) is 1.81. The molecule has 0 atom stereocenters. The molecule has 1 N–H and O–H groups in total. The largest absolute Gasteiger partial charge is 0.273 e. The Labute approximate surface area is 78.9 Å². The van der Waals surface area contributed by atoms with Crippen LogP contribution in [0, 0.1) is 6.92 Å². The molecule has 0 aliphatic heterocycles. The molecule has 2 heterocycles. The van der Waals surface area contributed by atoms with Gasteiger partial charge < -0.3 is 0 Å². The molecule has 0 amide bonds. The standard InChI is InChI=1S/C6H7ClN6/c1-3-4(7)5(9-8-3)6-10-11-12-13(6)2/h1-2H3,(H,8,9). The molecule has 0 aliphatic rings. The third-order valence-electron chi connectivity index (χ3n) is 1.72. The van der Waals surface area contributed by atoms with Gasteiger partial charge in [0.2, 0.25) is 5.82 Å². The van der Waals surface area contributed by atoms with Crippen LogP contribution in [-0.2, 0) is 7.05 Å². The summed E-state index contributed by atoms with van der Waals surface area (Å²) in [6, 6.07) is 0. The molecular formula is C6H7ClN6. The first kappa shape index (κ1) is 8.18. The zero-order valence-electron chi connectivity index (χ0n) is 7.11. The summed E-state index contributed by atoms with van der Waals surface area (Å²) in [5.74, 6) is 0.575. The third kappa shape index (κ3) is 1.19. The van der Waals surface area contributed by atoms with E-state index in [9.17, 15) is 0 Å². The minimum absolute atomic E-state index is 0.554. The second-order valence-electron chi connectivity index (χ2n) is 2.62. The monoisotopic (exact) mass is 198 g/mol. The Hall–Kier alpha value is -1.43. The Bertz CT molecular complexity index is 430. The van der Waals surface area contributed by atoms with E-state index in [1.807, 2.05) is 6.92 Å². The van der Waals surface area contributed by atoms with Crippen molar-refractivity contribution in [2.75, 3.05) is 0 Å². The molecule has 13 heavy (non-hydrogen) atoms. The lowest BCUT2D eigenvalue weighted by atomic mass is 10.3. The van der Waals surface area contributed by atoms with Crippen molar-refractivity contribution in [3.63, 3.8) is 0 Å². The van der Waals surface area contributed by atoms with Gasteiger partial charge in [0.05, 0.1) is 10.7 Å². The number of nitrogens with zero attached hydrogens (tertiary/aromatic N) is 5. The lowest BCUT2D eigenvalue weighted by Gasteiger charge is -1.93. The van der Waals surface area contributed by atoms with Gasteiger partial charge in [0.1, 0.15) is 5.69 Å². The minimum atomic E-state index is 0.554. The van der Waals surface area contributed by atoms with Gasteiger partial charge in [-0.1, -0.05) is 11.6 Å². The van der Waals surface area contributed by atoms with E-state index < -0.39 is 0 Å². The van der Waals surface area contributed by atoms with Crippen molar-refractivity contribution in [1.82, 2.24) is 30.4 Å². The molecule has 2 aromatic heterocycles. The van der Waals surface area contributed by atoms with E-state index in [0.717, 1.165) is 5.69 Å². The number of halogens is 1. The molecule has 2 aromatic rings. The maximum Gasteiger partial charge on any atom is 0.201 e. The van der Waals surface area contributed by atoms with Gasteiger partial charge in [0.15, 0.2) is 0 Å². The number of hydrogen-bond donors (Lipinski definition) is 1. The van der Waals surface area contributed by atoms with Crippen molar-refractivity contribution in [2.45, 2.75) is 6.92 Å². The fourth-order valence-corrected chi connectivity index (χ4v) is 1.18. The number of aromatic amines is 1. The molecule has 2 rings (SSSR count). The van der Waals surface area contributed by atoms with Crippen LogP contribution in [0.5, 0.6) is 0 Å². The molecule has 0 spiro atoms. The molecule has 0 saturated carbocycles. The highest BCUT2D eigenvalue weighted by atomic mass is 35.5. The summed E-state index contributed by atoms with van der Waals surface area (Å²) in [5.41, 5.74) is 1.38. The summed E-state index contributed by atoms with van der Waals surface area (Å²) in [4.78, 5) is 0. The predicted octanol–water partition coefficient (Wildman–Crippen LogP) is 0.562. The Morgan fingerprint density at radius 3 is 2.69 bits per heavy atom. The van der Waals surface area contributed by atoms with Gasteiger partial charge in [-0.2, -0.15) is 5.10 Å². The number of nitrogens with one attached hydrogen (secondary N) is 1. The van der Waals surface area contributed by atoms with E-state index in [2.05, 4.69) is 25.7 Å². The van der Waals surface area contributed by atoms with Crippen LogP contribution in [0.15, 0.2) is 0 Å². The van der Waals surface area contributed by atoms with Crippen LogP contribution >= 0.6 is 11.6 Å². The summed E-state index contributed by atoms with van der Waals surface area (Å²) >= 11 is 5.97. The highest BCUT2D eigenvalue weighted by molar-refractivity contribution is 6.33. The third-order valence-corrected chi connectivity index (χ3v) is 2.18. The van der Waals surface area contributed by atoms with Crippen LogP contribution in [0.1, 0.15) is 5.69 Å². The molecule has 0 saturated heterocycles. The van der Waals surface area contributed by atoms with Crippen LogP contribution in [0.3, 0.4) is 0 Å². The Balaban J connectivity index is 2.59. The highest BCUT2D eigenvalue weighted by Gasteiger charge is 2.14. The lowest BCUT2D eigenvalue weighted by molar-refractivity contribution is 0.713. The highest BCUT2D eigenvalue weighted by Crippen LogP contribution is 2.24. The molecule has 0 aromatic carbocycles. The number of aromatic nitrogens is 6. The maximum absolute atomic E-state index is 5.97. The van der Waals surface area contributed by atoms with Crippen LogP contribution in [0.4, 0.5) is 0 Å². The fraction of sp³-hybridized carbons (Fsp3) is 0.333. The lowest BCUT2D eigenvalue weighted by Crippen LogP contribution is -1.95. The van der Waals surface area contributed by atoms with E-state index >= 15 is 0 Å². The van der Waals surface area contributed by atoms with Gasteiger partial charge >= 0.3 is 0 Å². The minimum Gasteiger partial charge on any atom is -0.273 e. The molecule has 0 radical (unpaired) electrons. The molecule has 6 nitrogen and oxygen atoms in total. The Morgan fingerprint density at radius 1 is 1.46 bits per heavy atom. The van der Waals surface area contributed by atoms with Gasteiger partial charge in [-0.15, -0.1) is 5.10 Å². The number of aryl methyl sites for hydroxylation is 2. The topological polar surface area (TPSA) is 72.3 Å². The maximum atomic E-state index is 5.97. The number of tetrazole rings is 1. The quantitative estimate of drug-likeness (QED) is 0.727. The van der Waals surface area contributed by atoms with E-state index in [-0.39, 0.29) is 0 Å². The SMILES string of the molecule is Cc1n[nH]c(-c2nnnn2C)c1Cl. The second-order valence-corrected chi connectivity index (χ2v) is 3.00. The van der Waals surface area contributed by atoms with Crippen molar-refractivity contribution < 1.29 is 0 Å². The first-order valence-electron chi connectivity index (χ1n) is 3.63. The number of H-pyrrole nitrogens is 1. The number of rotatable bonds is 1. The van der Waals surface area contributed by atoms with Crippen LogP contribution in [0.2, 0.25) is 5.02 Å². The first-order chi connectivity index (χ1) is 6.20. The van der Waals surface area contributed by atoms with E-state index in [1.54, 1.807) is 7.05 Å². The molecule has 0 bridgehead atoms. The fourth-order valence-electron chi connectivity index (χ4n) is 1.01. The number of hydrogen-bond acceptors (Lipinski definition) is 4. The van der Waals surface area contributed by atoms with Crippen molar-refractivity contribution in [2.24, 2.45) is 7.05 Å². The van der Waals surface area contributed by atoms with Gasteiger partial charge in [-0.25, -0.2) is 4.68 Å². The van der Waals surface area contributed by atoms with Gasteiger partial charge in [0.25, 0.3) is 0 Å². The van der Waals surface area contributed by atoms with E-state index in [1.165, 1.54) is 4.68 Å². The van der Waals surface area contributed by atoms with E-state index in [4.69, 9.17) is 11.6 Å². The normalized spacial score (nSPS) is 10.7. The summed E-state index contributed by atoms with van der Waals surface area (Å²) in [6.07, 6.45) is 0. The molecule has 0 aliphatic carbocycles.